The Morgan fingerprint density at radius 2 is 2.13 bits per heavy atom. The Morgan fingerprint density at radius 3 is 2.83 bits per heavy atom. The zero-order valence-corrected chi connectivity index (χ0v) is 13.4. The molecule has 23 heavy (non-hydrogen) atoms. The number of hydrogen-bond acceptors (Lipinski definition) is 4. The Bertz CT molecular complexity index is 842. The van der Waals surface area contributed by atoms with Crippen molar-refractivity contribution in [1.82, 2.24) is 4.98 Å². The van der Waals surface area contributed by atoms with Gasteiger partial charge in [0.25, 0.3) is 0 Å². The number of benzene rings is 1. The maximum atomic E-state index is 14.8. The van der Waals surface area contributed by atoms with Gasteiger partial charge in [0.05, 0.1) is 5.02 Å². The summed E-state index contributed by atoms with van der Waals surface area (Å²) in [6, 6.07) is 5.23. The van der Waals surface area contributed by atoms with Gasteiger partial charge in [0.1, 0.15) is 23.3 Å². The van der Waals surface area contributed by atoms with Crippen LogP contribution in [-0.4, -0.2) is 11.0 Å². The van der Waals surface area contributed by atoms with Crippen LogP contribution in [0.1, 0.15) is 28.8 Å². The highest BCUT2D eigenvalue weighted by atomic mass is 35.5. The number of nitrogens with zero attached hydrogens (tertiary/aromatic N) is 2. The van der Waals surface area contributed by atoms with Gasteiger partial charge in [-0.1, -0.05) is 17.7 Å². The van der Waals surface area contributed by atoms with Crippen LogP contribution >= 0.6 is 11.6 Å². The summed E-state index contributed by atoms with van der Waals surface area (Å²) in [6.45, 7) is 1.66. The standard InChI is InChI=1S/C17H16ClFN4/c1-8-2-4-12(18)15(16(8)19)14-10-6-9(21)3-5-13(10)23-17(22)11(14)7-20/h2,4,9H,3,5-6,21H2,1H3,(H2,22,23)/t9-/m1/s1. The number of nitrogen functional groups attached to an aromatic ring is 1. The molecule has 4 nitrogen and oxygen atoms in total. The SMILES string of the molecule is Cc1ccc(Cl)c(-c2c(C#N)c(N)nc3c2C[C@H](N)CC3)c1F. The maximum absolute atomic E-state index is 14.8. The topological polar surface area (TPSA) is 88.7 Å². The number of hydrogen-bond donors (Lipinski definition) is 2. The highest BCUT2D eigenvalue weighted by Crippen LogP contribution is 2.40. The second-order valence-corrected chi connectivity index (χ2v) is 6.25. The molecule has 0 radical (unpaired) electrons. The molecule has 0 aliphatic heterocycles. The molecule has 1 atom stereocenters. The van der Waals surface area contributed by atoms with Crippen molar-refractivity contribution in [3.05, 3.63) is 45.4 Å². The van der Waals surface area contributed by atoms with Crippen molar-refractivity contribution >= 4 is 17.4 Å². The molecule has 2 aromatic rings. The molecule has 0 fully saturated rings. The molecule has 1 aliphatic carbocycles. The number of aryl methyl sites for hydroxylation is 2. The number of pyridine rings is 1. The van der Waals surface area contributed by atoms with Crippen molar-refractivity contribution in [2.75, 3.05) is 5.73 Å². The molecule has 0 unspecified atom stereocenters. The van der Waals surface area contributed by atoms with Crippen molar-refractivity contribution in [2.45, 2.75) is 32.2 Å². The van der Waals surface area contributed by atoms with E-state index in [-0.39, 0.29) is 28.0 Å². The van der Waals surface area contributed by atoms with E-state index in [1.165, 1.54) is 0 Å². The van der Waals surface area contributed by atoms with Gasteiger partial charge >= 0.3 is 0 Å². The Morgan fingerprint density at radius 1 is 1.39 bits per heavy atom. The average molecular weight is 331 g/mol. The number of halogens is 2. The fraction of sp³-hybridized carbons (Fsp3) is 0.294. The molecule has 4 N–H and O–H groups in total. The predicted molar refractivity (Wildman–Crippen MR) is 88.5 cm³/mol. The van der Waals surface area contributed by atoms with Crippen LogP contribution in [0.5, 0.6) is 0 Å². The summed E-state index contributed by atoms with van der Waals surface area (Å²) in [5.41, 5.74) is 14.8. The molecule has 3 rings (SSSR count). The summed E-state index contributed by atoms with van der Waals surface area (Å²) in [4.78, 5) is 4.32. The fourth-order valence-corrected chi connectivity index (χ4v) is 3.32. The van der Waals surface area contributed by atoms with E-state index in [0.29, 0.717) is 24.0 Å². The monoisotopic (exact) mass is 330 g/mol. The lowest BCUT2D eigenvalue weighted by Gasteiger charge is -2.25. The molecule has 1 heterocycles. The largest absolute Gasteiger partial charge is 0.383 e. The highest BCUT2D eigenvalue weighted by Gasteiger charge is 2.28. The minimum absolute atomic E-state index is 0.0511. The molecule has 0 amide bonds. The molecule has 118 valence electrons. The first kappa shape index (κ1) is 15.7. The van der Waals surface area contributed by atoms with Crippen molar-refractivity contribution < 1.29 is 4.39 Å². The third-order valence-corrected chi connectivity index (χ3v) is 4.59. The maximum Gasteiger partial charge on any atom is 0.142 e. The van der Waals surface area contributed by atoms with Gasteiger partial charge in [0, 0.05) is 22.9 Å². The van der Waals surface area contributed by atoms with Crippen LogP contribution in [0.15, 0.2) is 12.1 Å². The van der Waals surface area contributed by atoms with Gasteiger partial charge in [-0.3, -0.25) is 0 Å². The smallest absolute Gasteiger partial charge is 0.142 e. The number of aromatic nitrogens is 1. The van der Waals surface area contributed by atoms with Crippen molar-refractivity contribution in [2.24, 2.45) is 5.73 Å². The van der Waals surface area contributed by atoms with Gasteiger partial charge in [-0.25, -0.2) is 9.37 Å². The lowest BCUT2D eigenvalue weighted by Crippen LogP contribution is -2.29. The van der Waals surface area contributed by atoms with Crippen LogP contribution < -0.4 is 11.5 Å². The van der Waals surface area contributed by atoms with Crippen molar-refractivity contribution in [1.29, 1.82) is 5.26 Å². The lowest BCUT2D eigenvalue weighted by atomic mass is 9.84. The van der Waals surface area contributed by atoms with E-state index in [2.05, 4.69) is 4.98 Å². The van der Waals surface area contributed by atoms with Crippen molar-refractivity contribution in [3.63, 3.8) is 0 Å². The number of nitrogens with two attached hydrogens (primary N) is 2. The van der Waals surface area contributed by atoms with E-state index in [1.807, 2.05) is 6.07 Å². The summed E-state index contributed by atoms with van der Waals surface area (Å²) in [5, 5.41) is 9.76. The number of nitriles is 1. The molecule has 1 aromatic heterocycles. The van der Waals surface area contributed by atoms with E-state index < -0.39 is 5.82 Å². The van der Waals surface area contributed by atoms with E-state index >= 15 is 0 Å². The zero-order valence-electron chi connectivity index (χ0n) is 12.7. The van der Waals surface area contributed by atoms with Crippen LogP contribution in [-0.2, 0) is 12.8 Å². The van der Waals surface area contributed by atoms with Crippen LogP contribution in [0.25, 0.3) is 11.1 Å². The van der Waals surface area contributed by atoms with E-state index in [4.69, 9.17) is 23.1 Å². The first-order valence-electron chi connectivity index (χ1n) is 7.36. The first-order chi connectivity index (χ1) is 10.9. The molecule has 0 saturated heterocycles. The molecule has 0 bridgehead atoms. The number of anilines is 1. The predicted octanol–water partition coefficient (Wildman–Crippen LogP) is 3.12. The Hall–Kier alpha value is -2.16. The Kier molecular flexibility index (Phi) is 3.97. The first-order valence-corrected chi connectivity index (χ1v) is 7.73. The second kappa shape index (κ2) is 5.80. The van der Waals surface area contributed by atoms with Crippen LogP contribution in [0.4, 0.5) is 10.2 Å². The third kappa shape index (κ3) is 2.54. The molecule has 0 saturated carbocycles. The normalized spacial score (nSPS) is 16.7. The highest BCUT2D eigenvalue weighted by molar-refractivity contribution is 6.33. The van der Waals surface area contributed by atoms with Crippen LogP contribution in [0.2, 0.25) is 5.02 Å². The van der Waals surface area contributed by atoms with Gasteiger partial charge in [-0.05, 0) is 43.4 Å². The minimum atomic E-state index is -0.444. The number of fused-ring (bicyclic) bond motifs is 1. The zero-order chi connectivity index (χ0) is 16.7. The summed E-state index contributed by atoms with van der Waals surface area (Å²) in [5.74, 6) is -0.338. The fourth-order valence-electron chi connectivity index (χ4n) is 3.08. The van der Waals surface area contributed by atoms with Gasteiger partial charge < -0.3 is 11.5 Å². The number of rotatable bonds is 1. The van der Waals surface area contributed by atoms with Crippen LogP contribution in [0, 0.1) is 24.1 Å². The van der Waals surface area contributed by atoms with E-state index in [0.717, 1.165) is 17.7 Å². The Balaban J connectivity index is 2.42. The van der Waals surface area contributed by atoms with Gasteiger partial charge in [-0.15, -0.1) is 0 Å². The third-order valence-electron chi connectivity index (χ3n) is 4.28. The summed E-state index contributed by atoms with van der Waals surface area (Å²) in [6.07, 6.45) is 1.97. The van der Waals surface area contributed by atoms with Gasteiger partial charge in [-0.2, -0.15) is 5.26 Å². The van der Waals surface area contributed by atoms with Crippen LogP contribution in [0.3, 0.4) is 0 Å². The Labute approximate surface area is 138 Å². The van der Waals surface area contributed by atoms with E-state index in [1.54, 1.807) is 19.1 Å². The summed E-state index contributed by atoms with van der Waals surface area (Å²) < 4.78 is 14.8. The second-order valence-electron chi connectivity index (χ2n) is 5.84. The van der Waals surface area contributed by atoms with Crippen molar-refractivity contribution in [3.8, 4) is 17.2 Å². The molecule has 1 aromatic carbocycles. The minimum Gasteiger partial charge on any atom is -0.383 e. The average Bonchev–Trinajstić information content (AvgIpc) is 2.52. The molecular formula is C17H16ClFN4. The lowest BCUT2D eigenvalue weighted by molar-refractivity contribution is 0.567. The summed E-state index contributed by atoms with van der Waals surface area (Å²) >= 11 is 6.25. The van der Waals surface area contributed by atoms with Gasteiger partial charge in [0.2, 0.25) is 0 Å². The summed E-state index contributed by atoms with van der Waals surface area (Å²) in [7, 11) is 0. The molecule has 6 heteroatoms. The molecular weight excluding hydrogens is 315 g/mol. The van der Waals surface area contributed by atoms with Gasteiger partial charge in [0.15, 0.2) is 0 Å². The molecule has 0 spiro atoms. The quantitative estimate of drug-likeness (QED) is 0.840. The molecule has 1 aliphatic rings. The van der Waals surface area contributed by atoms with E-state index in [9.17, 15) is 9.65 Å².